The summed E-state index contributed by atoms with van der Waals surface area (Å²) >= 11 is 0. The van der Waals surface area contributed by atoms with Crippen molar-refractivity contribution in [2.45, 2.75) is 38.5 Å². The lowest BCUT2D eigenvalue weighted by Gasteiger charge is -2.10. The normalized spacial score (nSPS) is 18.5. The van der Waals surface area contributed by atoms with Crippen molar-refractivity contribution in [2.24, 2.45) is 5.92 Å². The SMILES string of the molecule is CC(=O)Oc1cnc(C2CC2)c(OCC2CC2)n1. The van der Waals surface area contributed by atoms with E-state index in [0.717, 1.165) is 18.5 Å². The van der Waals surface area contributed by atoms with Crippen LogP contribution >= 0.6 is 0 Å². The molecule has 1 heterocycles. The highest BCUT2D eigenvalue weighted by atomic mass is 16.5. The molecule has 0 spiro atoms. The summed E-state index contributed by atoms with van der Waals surface area (Å²) in [6.45, 7) is 2.04. The van der Waals surface area contributed by atoms with Crippen LogP contribution in [-0.4, -0.2) is 22.5 Å². The Morgan fingerprint density at radius 2 is 2.17 bits per heavy atom. The van der Waals surface area contributed by atoms with Crippen LogP contribution in [-0.2, 0) is 4.79 Å². The molecule has 2 fully saturated rings. The van der Waals surface area contributed by atoms with E-state index < -0.39 is 5.97 Å². The largest absolute Gasteiger partial charge is 0.476 e. The third-order valence-corrected chi connectivity index (χ3v) is 3.11. The summed E-state index contributed by atoms with van der Waals surface area (Å²) in [6.07, 6.45) is 6.24. The maximum atomic E-state index is 10.9. The van der Waals surface area contributed by atoms with Gasteiger partial charge in [0.1, 0.15) is 5.69 Å². The Hall–Kier alpha value is -1.65. The van der Waals surface area contributed by atoms with Crippen molar-refractivity contribution in [3.8, 4) is 11.8 Å². The summed E-state index contributed by atoms with van der Waals surface area (Å²) < 4.78 is 10.7. The van der Waals surface area contributed by atoms with Gasteiger partial charge in [-0.2, -0.15) is 4.98 Å². The molecule has 2 aliphatic rings. The lowest BCUT2D eigenvalue weighted by Crippen LogP contribution is -2.08. The van der Waals surface area contributed by atoms with Crippen molar-refractivity contribution in [3.05, 3.63) is 11.9 Å². The zero-order valence-electron chi connectivity index (χ0n) is 10.4. The molecule has 2 aliphatic carbocycles. The summed E-state index contributed by atoms with van der Waals surface area (Å²) in [5.74, 6) is 1.51. The fraction of sp³-hybridized carbons (Fsp3) is 0.615. The van der Waals surface area contributed by atoms with Crippen LogP contribution < -0.4 is 9.47 Å². The first kappa shape index (κ1) is 11.4. The van der Waals surface area contributed by atoms with Crippen LogP contribution in [0.4, 0.5) is 0 Å². The smallest absolute Gasteiger partial charge is 0.309 e. The van der Waals surface area contributed by atoms with Crippen LogP contribution in [0.5, 0.6) is 11.8 Å². The van der Waals surface area contributed by atoms with Crippen LogP contribution in [0, 0.1) is 5.92 Å². The summed E-state index contributed by atoms with van der Waals surface area (Å²) in [7, 11) is 0. The molecule has 0 unspecified atom stereocenters. The average Bonchev–Trinajstić information content (AvgIpc) is 3.19. The Morgan fingerprint density at radius 3 is 2.78 bits per heavy atom. The van der Waals surface area contributed by atoms with E-state index in [1.165, 1.54) is 26.0 Å². The number of esters is 1. The van der Waals surface area contributed by atoms with Gasteiger partial charge in [0.2, 0.25) is 11.8 Å². The second-order valence-electron chi connectivity index (χ2n) is 5.02. The van der Waals surface area contributed by atoms with Gasteiger partial charge in [-0.3, -0.25) is 4.79 Å². The molecule has 5 heteroatoms. The second kappa shape index (κ2) is 4.55. The molecule has 0 atom stereocenters. The van der Waals surface area contributed by atoms with E-state index in [0.29, 0.717) is 24.3 Å². The molecule has 1 aromatic heterocycles. The first-order chi connectivity index (χ1) is 8.72. The number of aromatic nitrogens is 2. The minimum atomic E-state index is -0.392. The van der Waals surface area contributed by atoms with Gasteiger partial charge in [0, 0.05) is 12.8 Å². The lowest BCUT2D eigenvalue weighted by molar-refractivity contribution is -0.132. The quantitative estimate of drug-likeness (QED) is 0.746. The predicted octanol–water partition coefficient (Wildman–Crippen LogP) is 2.07. The highest BCUT2D eigenvalue weighted by Gasteiger charge is 2.31. The Morgan fingerprint density at radius 1 is 1.39 bits per heavy atom. The Balaban J connectivity index is 1.77. The van der Waals surface area contributed by atoms with Gasteiger partial charge in [-0.1, -0.05) is 0 Å². The number of nitrogens with zero attached hydrogens (tertiary/aromatic N) is 2. The molecule has 0 bridgehead atoms. The fourth-order valence-electron chi connectivity index (χ4n) is 1.79. The van der Waals surface area contributed by atoms with Crippen molar-refractivity contribution < 1.29 is 14.3 Å². The van der Waals surface area contributed by atoms with Gasteiger partial charge in [0.25, 0.3) is 0 Å². The van der Waals surface area contributed by atoms with Gasteiger partial charge >= 0.3 is 5.97 Å². The molecule has 5 nitrogen and oxygen atoms in total. The van der Waals surface area contributed by atoms with E-state index in [2.05, 4.69) is 9.97 Å². The van der Waals surface area contributed by atoms with Crippen molar-refractivity contribution >= 4 is 5.97 Å². The highest BCUT2D eigenvalue weighted by molar-refractivity contribution is 5.68. The number of carbonyl (C=O) groups excluding carboxylic acids is 1. The molecular weight excluding hydrogens is 232 g/mol. The first-order valence-corrected chi connectivity index (χ1v) is 6.40. The van der Waals surface area contributed by atoms with Crippen molar-refractivity contribution in [2.75, 3.05) is 6.61 Å². The summed E-state index contributed by atoms with van der Waals surface area (Å²) in [5, 5.41) is 0. The Labute approximate surface area is 106 Å². The van der Waals surface area contributed by atoms with Crippen molar-refractivity contribution in [1.29, 1.82) is 0 Å². The molecule has 3 rings (SSSR count). The minimum absolute atomic E-state index is 0.220. The summed E-state index contributed by atoms with van der Waals surface area (Å²) in [6, 6.07) is 0. The summed E-state index contributed by atoms with van der Waals surface area (Å²) in [5.41, 5.74) is 0.909. The van der Waals surface area contributed by atoms with Crippen LogP contribution in [0.2, 0.25) is 0 Å². The third-order valence-electron chi connectivity index (χ3n) is 3.11. The summed E-state index contributed by atoms with van der Waals surface area (Å²) in [4.78, 5) is 19.5. The van der Waals surface area contributed by atoms with E-state index in [1.54, 1.807) is 0 Å². The van der Waals surface area contributed by atoms with Crippen LogP contribution in [0.15, 0.2) is 6.20 Å². The Kier molecular flexibility index (Phi) is 2.89. The van der Waals surface area contributed by atoms with Crippen LogP contribution in [0.3, 0.4) is 0 Å². The predicted molar refractivity (Wildman–Crippen MR) is 63.5 cm³/mol. The second-order valence-corrected chi connectivity index (χ2v) is 5.02. The third kappa shape index (κ3) is 2.78. The van der Waals surface area contributed by atoms with Gasteiger partial charge in [-0.05, 0) is 31.6 Å². The minimum Gasteiger partial charge on any atom is -0.476 e. The zero-order chi connectivity index (χ0) is 12.5. The van der Waals surface area contributed by atoms with Crippen LogP contribution in [0.25, 0.3) is 0 Å². The lowest BCUT2D eigenvalue weighted by atomic mass is 10.3. The van der Waals surface area contributed by atoms with Crippen LogP contribution in [0.1, 0.15) is 44.2 Å². The van der Waals surface area contributed by atoms with E-state index in [9.17, 15) is 4.79 Å². The molecular formula is C13H16N2O3. The highest BCUT2D eigenvalue weighted by Crippen LogP contribution is 2.43. The molecule has 0 aliphatic heterocycles. The molecule has 0 amide bonds. The fourth-order valence-corrected chi connectivity index (χ4v) is 1.79. The Bertz CT molecular complexity index is 467. The van der Waals surface area contributed by atoms with Gasteiger partial charge < -0.3 is 9.47 Å². The van der Waals surface area contributed by atoms with Gasteiger partial charge in [0.05, 0.1) is 12.8 Å². The molecule has 2 saturated carbocycles. The topological polar surface area (TPSA) is 61.3 Å². The van der Waals surface area contributed by atoms with E-state index in [-0.39, 0.29) is 5.88 Å². The standard InChI is InChI=1S/C13H16N2O3/c1-8(16)18-11-6-14-12(10-4-5-10)13(15-11)17-7-9-2-3-9/h6,9-10H,2-5,7H2,1H3. The van der Waals surface area contributed by atoms with Gasteiger partial charge in [0.15, 0.2) is 0 Å². The van der Waals surface area contributed by atoms with E-state index >= 15 is 0 Å². The molecule has 1 aromatic rings. The number of hydrogen-bond acceptors (Lipinski definition) is 5. The number of ether oxygens (including phenoxy) is 2. The van der Waals surface area contributed by atoms with Crippen molar-refractivity contribution in [3.63, 3.8) is 0 Å². The van der Waals surface area contributed by atoms with Gasteiger partial charge in [-0.15, -0.1) is 0 Å². The molecule has 0 radical (unpaired) electrons. The van der Waals surface area contributed by atoms with E-state index in [4.69, 9.17) is 9.47 Å². The first-order valence-electron chi connectivity index (χ1n) is 6.40. The molecule has 18 heavy (non-hydrogen) atoms. The van der Waals surface area contributed by atoms with Crippen molar-refractivity contribution in [1.82, 2.24) is 9.97 Å². The maximum Gasteiger partial charge on any atom is 0.309 e. The van der Waals surface area contributed by atoms with Gasteiger partial charge in [-0.25, -0.2) is 4.98 Å². The molecule has 0 N–H and O–H groups in total. The molecule has 0 saturated heterocycles. The van der Waals surface area contributed by atoms with E-state index in [1.807, 2.05) is 0 Å². The molecule has 0 aromatic carbocycles. The maximum absolute atomic E-state index is 10.9. The zero-order valence-corrected chi connectivity index (χ0v) is 10.4. The monoisotopic (exact) mass is 248 g/mol. The molecule has 96 valence electrons. The number of hydrogen-bond donors (Lipinski definition) is 0. The number of carbonyl (C=O) groups is 1. The number of rotatable bonds is 5. The average molecular weight is 248 g/mol.